The van der Waals surface area contributed by atoms with Gasteiger partial charge in [-0.15, -0.1) is 10.2 Å². The molecule has 0 spiro atoms. The Balaban J connectivity index is 1.84. The Morgan fingerprint density at radius 3 is 2.74 bits per heavy atom. The molecule has 124 valence electrons. The zero-order chi connectivity index (χ0) is 16.5. The van der Waals surface area contributed by atoms with Gasteiger partial charge >= 0.3 is 0 Å². The maximum absolute atomic E-state index is 11.9. The number of anilines is 1. The van der Waals surface area contributed by atoms with Crippen LogP contribution in [0.5, 0.6) is 5.75 Å². The summed E-state index contributed by atoms with van der Waals surface area (Å²) in [5.41, 5.74) is 0. The number of carbonyl (C=O) groups is 1. The lowest BCUT2D eigenvalue weighted by Crippen LogP contribution is -2.20. The maximum atomic E-state index is 11.9. The normalized spacial score (nSPS) is 11.9. The third kappa shape index (κ3) is 5.63. The number of aromatic nitrogens is 2. The van der Waals surface area contributed by atoms with E-state index in [0.29, 0.717) is 16.8 Å². The third-order valence-electron chi connectivity index (χ3n) is 3.55. The molecule has 0 bridgehead atoms. The van der Waals surface area contributed by atoms with Crippen LogP contribution in [0.4, 0.5) is 5.13 Å². The van der Waals surface area contributed by atoms with Gasteiger partial charge in [-0.3, -0.25) is 10.1 Å². The van der Waals surface area contributed by atoms with Gasteiger partial charge in [0.15, 0.2) is 6.61 Å². The lowest BCUT2D eigenvalue weighted by molar-refractivity contribution is -0.118. The molecule has 2 rings (SSSR count). The molecule has 0 fully saturated rings. The molecule has 1 aromatic heterocycles. The lowest BCUT2D eigenvalue weighted by Gasteiger charge is -2.09. The second-order valence-electron chi connectivity index (χ2n) is 5.34. The number of nitrogens with zero attached hydrogens (tertiary/aromatic N) is 2. The molecule has 1 heterocycles. The van der Waals surface area contributed by atoms with Crippen LogP contribution in [0.25, 0.3) is 0 Å². The highest BCUT2D eigenvalue weighted by Crippen LogP contribution is 2.29. The first-order chi connectivity index (χ1) is 11.2. The van der Waals surface area contributed by atoms with Crippen molar-refractivity contribution in [1.82, 2.24) is 10.2 Å². The zero-order valence-corrected chi connectivity index (χ0v) is 14.4. The van der Waals surface area contributed by atoms with E-state index in [0.717, 1.165) is 17.8 Å². The quantitative estimate of drug-likeness (QED) is 0.745. The Morgan fingerprint density at radius 2 is 2.04 bits per heavy atom. The molecule has 1 atom stereocenters. The van der Waals surface area contributed by atoms with Crippen LogP contribution in [-0.2, 0) is 4.79 Å². The van der Waals surface area contributed by atoms with Crippen LogP contribution >= 0.6 is 11.3 Å². The topological polar surface area (TPSA) is 64.1 Å². The summed E-state index contributed by atoms with van der Waals surface area (Å²) in [5.74, 6) is 0.878. The number of unbranched alkanes of at least 4 members (excludes halogenated alkanes) is 1. The molecule has 23 heavy (non-hydrogen) atoms. The molecule has 0 unspecified atom stereocenters. The van der Waals surface area contributed by atoms with Crippen LogP contribution in [-0.4, -0.2) is 22.7 Å². The predicted molar refractivity (Wildman–Crippen MR) is 93.0 cm³/mol. The average Bonchev–Trinajstić information content (AvgIpc) is 3.03. The number of ether oxygens (including phenoxy) is 1. The minimum Gasteiger partial charge on any atom is -0.484 e. The lowest BCUT2D eigenvalue weighted by atomic mass is 10.0. The number of rotatable bonds is 9. The van der Waals surface area contributed by atoms with Crippen LogP contribution in [0.1, 0.15) is 50.5 Å². The summed E-state index contributed by atoms with van der Waals surface area (Å²) in [6, 6.07) is 9.26. The van der Waals surface area contributed by atoms with Crippen molar-refractivity contribution in [2.24, 2.45) is 0 Å². The van der Waals surface area contributed by atoms with E-state index in [4.69, 9.17) is 4.74 Å². The molecule has 1 N–H and O–H groups in total. The first kappa shape index (κ1) is 17.4. The maximum Gasteiger partial charge on any atom is 0.264 e. The van der Waals surface area contributed by atoms with Crippen LogP contribution in [0.2, 0.25) is 0 Å². The summed E-state index contributed by atoms with van der Waals surface area (Å²) in [6.07, 6.45) is 4.52. The van der Waals surface area contributed by atoms with Gasteiger partial charge in [0, 0.05) is 5.92 Å². The van der Waals surface area contributed by atoms with Gasteiger partial charge in [-0.05, 0) is 25.0 Å². The third-order valence-corrected chi connectivity index (χ3v) is 4.55. The van der Waals surface area contributed by atoms with E-state index in [1.54, 1.807) is 0 Å². The number of hydrogen-bond acceptors (Lipinski definition) is 5. The predicted octanol–water partition coefficient (Wildman–Crippen LogP) is 4.24. The van der Waals surface area contributed by atoms with Gasteiger partial charge in [0.05, 0.1) is 0 Å². The molecular weight excluding hydrogens is 310 g/mol. The number of nitrogens with one attached hydrogen (secondary N) is 1. The SMILES string of the molecule is CCCC[C@@H](CC)c1nnc(NC(=O)COc2ccccc2)s1. The molecule has 0 aliphatic heterocycles. The van der Waals surface area contributed by atoms with Crippen molar-refractivity contribution < 1.29 is 9.53 Å². The second-order valence-corrected chi connectivity index (χ2v) is 6.35. The van der Waals surface area contributed by atoms with Gasteiger partial charge in [-0.2, -0.15) is 0 Å². The number of amides is 1. The van der Waals surface area contributed by atoms with E-state index in [-0.39, 0.29) is 12.5 Å². The Morgan fingerprint density at radius 1 is 1.26 bits per heavy atom. The number of carbonyl (C=O) groups excluding carboxylic acids is 1. The van der Waals surface area contributed by atoms with E-state index in [9.17, 15) is 4.79 Å². The van der Waals surface area contributed by atoms with Crippen molar-refractivity contribution in [3.8, 4) is 5.75 Å². The fraction of sp³-hybridized carbons (Fsp3) is 0.471. The van der Waals surface area contributed by atoms with Crippen LogP contribution in [0, 0.1) is 0 Å². The summed E-state index contributed by atoms with van der Waals surface area (Å²) < 4.78 is 5.41. The summed E-state index contributed by atoms with van der Waals surface area (Å²) in [5, 5.41) is 12.6. The standard InChI is InChI=1S/C17H23N3O2S/c1-3-5-9-13(4-2)16-19-20-17(23-16)18-15(21)12-22-14-10-7-6-8-11-14/h6-8,10-11,13H,3-5,9,12H2,1-2H3,(H,18,20,21)/t13-/m1/s1. The van der Waals surface area contributed by atoms with Gasteiger partial charge in [-0.1, -0.05) is 56.2 Å². The van der Waals surface area contributed by atoms with Crippen LogP contribution in [0.15, 0.2) is 30.3 Å². The van der Waals surface area contributed by atoms with Crippen molar-refractivity contribution >= 4 is 22.4 Å². The molecule has 1 aromatic carbocycles. The van der Waals surface area contributed by atoms with Crippen molar-refractivity contribution in [2.75, 3.05) is 11.9 Å². The molecule has 0 radical (unpaired) electrons. The molecule has 0 aliphatic carbocycles. The van der Waals surface area contributed by atoms with Crippen LogP contribution in [0.3, 0.4) is 0 Å². The Hall–Kier alpha value is -1.95. The smallest absolute Gasteiger partial charge is 0.264 e. The van der Waals surface area contributed by atoms with Crippen molar-refractivity contribution in [3.63, 3.8) is 0 Å². The Labute approximate surface area is 141 Å². The monoisotopic (exact) mass is 333 g/mol. The number of benzene rings is 1. The van der Waals surface area contributed by atoms with Gasteiger partial charge in [0.2, 0.25) is 5.13 Å². The molecular formula is C17H23N3O2S. The van der Waals surface area contributed by atoms with E-state index >= 15 is 0 Å². The summed E-state index contributed by atoms with van der Waals surface area (Å²) in [4.78, 5) is 11.9. The summed E-state index contributed by atoms with van der Waals surface area (Å²) >= 11 is 1.46. The molecule has 0 saturated heterocycles. The van der Waals surface area contributed by atoms with Gasteiger partial charge in [0.1, 0.15) is 10.8 Å². The summed E-state index contributed by atoms with van der Waals surface area (Å²) in [7, 11) is 0. The second kappa shape index (κ2) is 9.25. The zero-order valence-electron chi connectivity index (χ0n) is 13.6. The minimum atomic E-state index is -0.224. The number of para-hydroxylation sites is 1. The highest BCUT2D eigenvalue weighted by atomic mass is 32.1. The van der Waals surface area contributed by atoms with E-state index in [1.165, 1.54) is 24.2 Å². The largest absolute Gasteiger partial charge is 0.484 e. The van der Waals surface area contributed by atoms with Crippen molar-refractivity contribution in [2.45, 2.75) is 45.4 Å². The molecule has 6 heteroatoms. The summed E-state index contributed by atoms with van der Waals surface area (Å²) in [6.45, 7) is 4.31. The molecule has 0 aliphatic rings. The first-order valence-electron chi connectivity index (χ1n) is 8.04. The van der Waals surface area contributed by atoms with Crippen molar-refractivity contribution in [1.29, 1.82) is 0 Å². The molecule has 5 nitrogen and oxygen atoms in total. The average molecular weight is 333 g/mol. The van der Waals surface area contributed by atoms with E-state index < -0.39 is 0 Å². The molecule has 1 amide bonds. The highest BCUT2D eigenvalue weighted by molar-refractivity contribution is 7.15. The highest BCUT2D eigenvalue weighted by Gasteiger charge is 2.16. The number of hydrogen-bond donors (Lipinski definition) is 1. The minimum absolute atomic E-state index is 0.0357. The van der Waals surface area contributed by atoms with Gasteiger partial charge in [-0.25, -0.2) is 0 Å². The molecule has 2 aromatic rings. The van der Waals surface area contributed by atoms with E-state index in [1.807, 2.05) is 30.3 Å². The fourth-order valence-corrected chi connectivity index (χ4v) is 3.20. The van der Waals surface area contributed by atoms with Gasteiger partial charge in [0.25, 0.3) is 5.91 Å². The Bertz CT molecular complexity index is 601. The van der Waals surface area contributed by atoms with Crippen LogP contribution < -0.4 is 10.1 Å². The first-order valence-corrected chi connectivity index (χ1v) is 8.85. The van der Waals surface area contributed by atoms with Crippen molar-refractivity contribution in [3.05, 3.63) is 35.3 Å². The Kier molecular flexibility index (Phi) is 7.00. The molecule has 0 saturated carbocycles. The van der Waals surface area contributed by atoms with Gasteiger partial charge < -0.3 is 4.74 Å². The van der Waals surface area contributed by atoms with E-state index in [2.05, 4.69) is 29.4 Å². The fourth-order valence-electron chi connectivity index (χ4n) is 2.22.